The van der Waals surface area contributed by atoms with Gasteiger partial charge in [0.25, 0.3) is 0 Å². The van der Waals surface area contributed by atoms with Gasteiger partial charge in [0.2, 0.25) is 11.8 Å². The van der Waals surface area contributed by atoms with E-state index in [0.29, 0.717) is 19.5 Å². The van der Waals surface area contributed by atoms with Crippen LogP contribution in [-0.2, 0) is 16.0 Å². The number of rotatable bonds is 8. The first kappa shape index (κ1) is 20.5. The largest absolute Gasteiger partial charge is 0.496 e. The lowest BCUT2D eigenvalue weighted by atomic mass is 10.1. The van der Waals surface area contributed by atoms with Crippen molar-refractivity contribution in [1.82, 2.24) is 4.90 Å². The van der Waals surface area contributed by atoms with E-state index in [2.05, 4.69) is 5.32 Å². The predicted molar refractivity (Wildman–Crippen MR) is 108 cm³/mol. The summed E-state index contributed by atoms with van der Waals surface area (Å²) in [6.07, 6.45) is 0.946. The van der Waals surface area contributed by atoms with Crippen molar-refractivity contribution >= 4 is 17.5 Å². The van der Waals surface area contributed by atoms with Gasteiger partial charge in [-0.1, -0.05) is 36.4 Å². The lowest BCUT2D eigenvalue weighted by molar-refractivity contribution is -0.129. The first-order valence-corrected chi connectivity index (χ1v) is 9.16. The third kappa shape index (κ3) is 5.84. The maximum Gasteiger partial charge on any atom is 0.226 e. The minimum Gasteiger partial charge on any atom is -0.496 e. The summed E-state index contributed by atoms with van der Waals surface area (Å²) < 4.78 is 5.36. The molecule has 0 unspecified atom stereocenters. The highest BCUT2D eigenvalue weighted by atomic mass is 16.5. The van der Waals surface area contributed by atoms with Crippen molar-refractivity contribution in [3.05, 3.63) is 59.2 Å². The van der Waals surface area contributed by atoms with Crippen molar-refractivity contribution < 1.29 is 14.3 Å². The number of carbonyl (C=O) groups is 2. The van der Waals surface area contributed by atoms with Crippen LogP contribution in [0.3, 0.4) is 0 Å². The smallest absolute Gasteiger partial charge is 0.226 e. The first-order chi connectivity index (χ1) is 12.9. The van der Waals surface area contributed by atoms with E-state index >= 15 is 0 Å². The summed E-state index contributed by atoms with van der Waals surface area (Å²) in [6.45, 7) is 6.41. The van der Waals surface area contributed by atoms with Crippen LogP contribution in [0.25, 0.3) is 0 Å². The number of amides is 2. The number of carbonyl (C=O) groups excluding carboxylic acids is 2. The fourth-order valence-corrected chi connectivity index (χ4v) is 3.04. The molecule has 0 atom stereocenters. The van der Waals surface area contributed by atoms with E-state index in [9.17, 15) is 9.59 Å². The van der Waals surface area contributed by atoms with Crippen molar-refractivity contribution in [2.45, 2.75) is 33.6 Å². The molecule has 0 saturated carbocycles. The summed E-state index contributed by atoms with van der Waals surface area (Å²) in [5.74, 6) is 0.689. The molecule has 0 heterocycles. The second-order valence-electron chi connectivity index (χ2n) is 6.63. The second-order valence-corrected chi connectivity index (χ2v) is 6.63. The molecule has 0 aliphatic heterocycles. The molecule has 5 heteroatoms. The van der Waals surface area contributed by atoms with Crippen molar-refractivity contribution in [2.24, 2.45) is 0 Å². The van der Waals surface area contributed by atoms with E-state index in [-0.39, 0.29) is 18.2 Å². The molecule has 0 fully saturated rings. The molecule has 2 rings (SSSR count). The zero-order chi connectivity index (χ0) is 19.8. The van der Waals surface area contributed by atoms with Crippen LogP contribution in [0.5, 0.6) is 5.75 Å². The van der Waals surface area contributed by atoms with E-state index < -0.39 is 0 Å². The second kappa shape index (κ2) is 9.76. The highest BCUT2D eigenvalue weighted by Gasteiger charge is 2.14. The van der Waals surface area contributed by atoms with Gasteiger partial charge >= 0.3 is 0 Å². The SMILES string of the molecule is COc1ccccc1CCN(CCC(=O)Nc1c(C)cccc1C)C(C)=O. The Balaban J connectivity index is 1.92. The number of hydrogen-bond donors (Lipinski definition) is 1. The molecule has 27 heavy (non-hydrogen) atoms. The zero-order valence-electron chi connectivity index (χ0n) is 16.5. The Morgan fingerprint density at radius 2 is 1.67 bits per heavy atom. The molecule has 0 spiro atoms. The summed E-state index contributed by atoms with van der Waals surface area (Å²) in [5.41, 5.74) is 3.96. The predicted octanol–water partition coefficient (Wildman–Crippen LogP) is 3.73. The van der Waals surface area contributed by atoms with Gasteiger partial charge in [0.05, 0.1) is 7.11 Å². The number of methoxy groups -OCH3 is 1. The van der Waals surface area contributed by atoms with E-state index in [4.69, 9.17) is 4.74 Å². The Hall–Kier alpha value is -2.82. The molecule has 0 radical (unpaired) electrons. The normalized spacial score (nSPS) is 10.4. The van der Waals surface area contributed by atoms with Crippen LogP contribution in [0.2, 0.25) is 0 Å². The molecule has 2 amide bonds. The maximum atomic E-state index is 12.3. The van der Waals surface area contributed by atoms with E-state index in [1.807, 2.05) is 56.3 Å². The van der Waals surface area contributed by atoms with Crippen molar-refractivity contribution in [2.75, 3.05) is 25.5 Å². The van der Waals surface area contributed by atoms with Gasteiger partial charge in [-0.25, -0.2) is 0 Å². The molecule has 2 aromatic rings. The minimum atomic E-state index is -0.0871. The summed E-state index contributed by atoms with van der Waals surface area (Å²) in [4.78, 5) is 26.0. The van der Waals surface area contributed by atoms with Crippen LogP contribution < -0.4 is 10.1 Å². The van der Waals surface area contributed by atoms with Gasteiger partial charge in [-0.3, -0.25) is 9.59 Å². The number of nitrogens with one attached hydrogen (secondary N) is 1. The molecule has 0 saturated heterocycles. The van der Waals surface area contributed by atoms with Gasteiger partial charge in [-0.15, -0.1) is 0 Å². The summed E-state index contributed by atoms with van der Waals surface area (Å²) in [7, 11) is 1.64. The quantitative estimate of drug-likeness (QED) is 0.772. The van der Waals surface area contributed by atoms with Crippen LogP contribution in [0.1, 0.15) is 30.0 Å². The van der Waals surface area contributed by atoms with Gasteiger partial charge in [0.15, 0.2) is 0 Å². The molecule has 0 aromatic heterocycles. The van der Waals surface area contributed by atoms with Crippen LogP contribution in [0.15, 0.2) is 42.5 Å². The molecule has 2 aromatic carbocycles. The molecular weight excluding hydrogens is 340 g/mol. The van der Waals surface area contributed by atoms with Crippen molar-refractivity contribution in [3.8, 4) is 5.75 Å². The average Bonchev–Trinajstić information content (AvgIpc) is 2.64. The van der Waals surface area contributed by atoms with Crippen LogP contribution in [0.4, 0.5) is 5.69 Å². The molecule has 0 aliphatic carbocycles. The Labute approximate surface area is 161 Å². The number of anilines is 1. The fourth-order valence-electron chi connectivity index (χ4n) is 3.04. The lowest BCUT2D eigenvalue weighted by Gasteiger charge is -2.21. The first-order valence-electron chi connectivity index (χ1n) is 9.16. The average molecular weight is 368 g/mol. The molecule has 144 valence electrons. The van der Waals surface area contributed by atoms with Crippen molar-refractivity contribution in [3.63, 3.8) is 0 Å². The highest BCUT2D eigenvalue weighted by Crippen LogP contribution is 2.20. The number of aryl methyl sites for hydroxylation is 2. The minimum absolute atomic E-state index is 0.0372. The van der Waals surface area contributed by atoms with E-state index in [0.717, 1.165) is 28.1 Å². The molecule has 0 aliphatic rings. The van der Waals surface area contributed by atoms with Crippen LogP contribution >= 0.6 is 0 Å². The zero-order valence-corrected chi connectivity index (χ0v) is 16.5. The van der Waals surface area contributed by atoms with Gasteiger partial charge < -0.3 is 15.0 Å². The Kier molecular flexibility index (Phi) is 7.41. The topological polar surface area (TPSA) is 58.6 Å². The van der Waals surface area contributed by atoms with E-state index in [1.165, 1.54) is 6.92 Å². The third-order valence-electron chi connectivity index (χ3n) is 4.64. The van der Waals surface area contributed by atoms with Gasteiger partial charge in [-0.05, 0) is 43.0 Å². The lowest BCUT2D eigenvalue weighted by Crippen LogP contribution is -2.33. The van der Waals surface area contributed by atoms with Crippen LogP contribution in [0, 0.1) is 13.8 Å². The Morgan fingerprint density at radius 3 is 2.30 bits per heavy atom. The number of para-hydroxylation sites is 2. The maximum absolute atomic E-state index is 12.3. The third-order valence-corrected chi connectivity index (χ3v) is 4.64. The summed E-state index contributed by atoms with van der Waals surface area (Å²) >= 11 is 0. The number of nitrogens with zero attached hydrogens (tertiary/aromatic N) is 1. The molecule has 5 nitrogen and oxygen atoms in total. The summed E-state index contributed by atoms with van der Waals surface area (Å²) in [6, 6.07) is 13.7. The van der Waals surface area contributed by atoms with Crippen LogP contribution in [-0.4, -0.2) is 36.9 Å². The molecule has 1 N–H and O–H groups in total. The van der Waals surface area contributed by atoms with Gasteiger partial charge in [0.1, 0.15) is 5.75 Å². The standard InChI is InChI=1S/C22H28N2O3/c1-16-8-7-9-17(2)22(16)23-21(26)13-15-24(18(3)25)14-12-19-10-5-6-11-20(19)27-4/h5-11H,12-15H2,1-4H3,(H,23,26). The number of benzene rings is 2. The van der Waals surface area contributed by atoms with E-state index in [1.54, 1.807) is 12.0 Å². The van der Waals surface area contributed by atoms with Gasteiger partial charge in [-0.2, -0.15) is 0 Å². The monoisotopic (exact) mass is 368 g/mol. The van der Waals surface area contributed by atoms with Crippen molar-refractivity contribution in [1.29, 1.82) is 0 Å². The molecular formula is C22H28N2O3. The number of ether oxygens (including phenoxy) is 1. The number of hydrogen-bond acceptors (Lipinski definition) is 3. The Morgan fingerprint density at radius 1 is 1.00 bits per heavy atom. The Bertz CT molecular complexity index is 782. The van der Waals surface area contributed by atoms with Gasteiger partial charge in [0, 0.05) is 32.1 Å². The fraction of sp³-hybridized carbons (Fsp3) is 0.364. The highest BCUT2D eigenvalue weighted by molar-refractivity contribution is 5.92. The molecule has 0 bridgehead atoms. The summed E-state index contributed by atoms with van der Waals surface area (Å²) in [5, 5.41) is 2.97.